The van der Waals surface area contributed by atoms with Gasteiger partial charge in [-0.05, 0) is 56.7 Å². The van der Waals surface area contributed by atoms with E-state index in [1.165, 1.54) is 50.9 Å². The summed E-state index contributed by atoms with van der Waals surface area (Å²) in [4.78, 5) is 6.94. The molecule has 0 spiro atoms. The third kappa shape index (κ3) is 7.49. The Morgan fingerprint density at radius 2 is 2.00 bits per heavy atom. The number of para-hydroxylation sites is 1. The minimum atomic E-state index is 0. The van der Waals surface area contributed by atoms with Gasteiger partial charge in [0.15, 0.2) is 5.96 Å². The van der Waals surface area contributed by atoms with Gasteiger partial charge in [0.25, 0.3) is 0 Å². The lowest BCUT2D eigenvalue weighted by Gasteiger charge is -2.17. The molecule has 5 nitrogen and oxygen atoms in total. The number of nitrogens with one attached hydrogen (secondary N) is 2. The molecule has 27 heavy (non-hydrogen) atoms. The lowest BCUT2D eigenvalue weighted by Crippen LogP contribution is -2.40. The van der Waals surface area contributed by atoms with Gasteiger partial charge in [-0.1, -0.05) is 25.1 Å². The summed E-state index contributed by atoms with van der Waals surface area (Å²) >= 11 is 0. The van der Waals surface area contributed by atoms with E-state index < -0.39 is 0 Å². The average molecular weight is 486 g/mol. The number of halogens is 1. The first kappa shape index (κ1) is 22.3. The van der Waals surface area contributed by atoms with Crippen LogP contribution in [0, 0.1) is 11.8 Å². The number of ether oxygens (including phenoxy) is 1. The van der Waals surface area contributed by atoms with E-state index >= 15 is 0 Å². The van der Waals surface area contributed by atoms with Crippen LogP contribution in [0.5, 0.6) is 5.75 Å². The molecule has 2 N–H and O–H groups in total. The van der Waals surface area contributed by atoms with Gasteiger partial charge in [0.2, 0.25) is 0 Å². The van der Waals surface area contributed by atoms with Crippen molar-refractivity contribution in [2.24, 2.45) is 16.8 Å². The minimum absolute atomic E-state index is 0. The Hall–Kier alpha value is -1.02. The molecule has 0 aromatic heterocycles. The van der Waals surface area contributed by atoms with Gasteiger partial charge in [-0.15, -0.1) is 24.0 Å². The molecule has 2 aliphatic rings. The number of benzene rings is 1. The number of nitrogens with zero attached hydrogens (tertiary/aromatic N) is 2. The average Bonchev–Trinajstić information content (AvgIpc) is 3.39. The third-order valence-electron chi connectivity index (χ3n) is 5.28. The quantitative estimate of drug-likeness (QED) is 0.319. The second-order valence-electron chi connectivity index (χ2n) is 7.62. The molecule has 0 amide bonds. The molecule has 1 saturated heterocycles. The summed E-state index contributed by atoms with van der Waals surface area (Å²) in [5, 5.41) is 6.93. The van der Waals surface area contributed by atoms with E-state index in [2.05, 4.69) is 45.6 Å². The number of aliphatic imine (C=N–C) groups is 1. The fourth-order valence-corrected chi connectivity index (χ4v) is 3.52. The molecular weight excluding hydrogens is 451 g/mol. The van der Waals surface area contributed by atoms with Crippen LogP contribution in [0.4, 0.5) is 0 Å². The summed E-state index contributed by atoms with van der Waals surface area (Å²) in [6, 6.07) is 8.30. The van der Waals surface area contributed by atoms with Crippen molar-refractivity contribution in [3.8, 4) is 5.75 Å². The van der Waals surface area contributed by atoms with Gasteiger partial charge in [0.1, 0.15) is 5.75 Å². The van der Waals surface area contributed by atoms with Crippen LogP contribution in [0.2, 0.25) is 0 Å². The van der Waals surface area contributed by atoms with Crippen molar-refractivity contribution in [2.75, 3.05) is 39.8 Å². The fourth-order valence-electron chi connectivity index (χ4n) is 3.52. The second-order valence-corrected chi connectivity index (χ2v) is 7.62. The number of rotatable bonds is 9. The highest BCUT2D eigenvalue weighted by atomic mass is 127. The second kappa shape index (κ2) is 11.7. The molecule has 152 valence electrons. The molecule has 6 heteroatoms. The first-order valence-corrected chi connectivity index (χ1v) is 10.2. The van der Waals surface area contributed by atoms with E-state index in [1.54, 1.807) is 0 Å². The molecule has 1 aromatic carbocycles. The number of hydrogen-bond donors (Lipinski definition) is 2. The maximum Gasteiger partial charge on any atom is 0.191 e. The van der Waals surface area contributed by atoms with Crippen molar-refractivity contribution in [3.05, 3.63) is 29.8 Å². The van der Waals surface area contributed by atoms with Gasteiger partial charge >= 0.3 is 0 Å². The molecule has 1 aromatic rings. The molecule has 1 atom stereocenters. The Bertz CT molecular complexity index is 591. The predicted molar refractivity (Wildman–Crippen MR) is 123 cm³/mol. The molecular formula is C21H35IN4O. The minimum Gasteiger partial charge on any atom is -0.493 e. The number of hydrogen-bond acceptors (Lipinski definition) is 3. The molecule has 2 fully saturated rings. The van der Waals surface area contributed by atoms with Crippen molar-refractivity contribution in [3.63, 3.8) is 0 Å². The van der Waals surface area contributed by atoms with E-state index in [0.29, 0.717) is 5.92 Å². The third-order valence-corrected chi connectivity index (χ3v) is 5.28. The summed E-state index contributed by atoms with van der Waals surface area (Å²) < 4.78 is 6.00. The van der Waals surface area contributed by atoms with Gasteiger partial charge in [-0.25, -0.2) is 0 Å². The summed E-state index contributed by atoms with van der Waals surface area (Å²) in [5.74, 6) is 3.35. The Labute approximate surface area is 181 Å². The van der Waals surface area contributed by atoms with Crippen LogP contribution in [-0.4, -0.2) is 50.7 Å². The zero-order valence-electron chi connectivity index (χ0n) is 16.7. The van der Waals surface area contributed by atoms with Crippen LogP contribution in [0.25, 0.3) is 0 Å². The highest BCUT2D eigenvalue weighted by Crippen LogP contribution is 2.30. The monoisotopic (exact) mass is 486 g/mol. The topological polar surface area (TPSA) is 48.9 Å². The van der Waals surface area contributed by atoms with Gasteiger partial charge in [0.05, 0.1) is 6.61 Å². The van der Waals surface area contributed by atoms with Crippen molar-refractivity contribution < 1.29 is 4.74 Å². The normalized spacial score (nSPS) is 20.2. The fraction of sp³-hybridized carbons (Fsp3) is 0.667. The van der Waals surface area contributed by atoms with Gasteiger partial charge in [-0.2, -0.15) is 0 Å². The number of likely N-dealkylation sites (tertiary alicyclic amines) is 1. The lowest BCUT2D eigenvalue weighted by molar-refractivity contribution is 0.296. The smallest absolute Gasteiger partial charge is 0.191 e. The summed E-state index contributed by atoms with van der Waals surface area (Å²) in [5.41, 5.74) is 1.19. The van der Waals surface area contributed by atoms with E-state index in [0.717, 1.165) is 37.3 Å². The Morgan fingerprint density at radius 1 is 1.19 bits per heavy atom. The first-order chi connectivity index (χ1) is 12.8. The summed E-state index contributed by atoms with van der Waals surface area (Å²) in [7, 11) is 1.84. The van der Waals surface area contributed by atoms with E-state index in [4.69, 9.17) is 4.74 Å². The summed E-state index contributed by atoms with van der Waals surface area (Å²) in [6.45, 7) is 8.48. The maximum atomic E-state index is 6.00. The van der Waals surface area contributed by atoms with Crippen LogP contribution in [0.15, 0.2) is 29.3 Å². The van der Waals surface area contributed by atoms with E-state index in [1.807, 2.05) is 13.1 Å². The van der Waals surface area contributed by atoms with Crippen LogP contribution in [0.3, 0.4) is 0 Å². The van der Waals surface area contributed by atoms with E-state index in [9.17, 15) is 0 Å². The standard InChI is InChI=1S/C21H34N4O.HI/c1-3-11-25-12-10-18(15-25)13-23-21(22-2)24-14-19-6-4-5-7-20(19)26-16-17-8-9-17;/h4-7,17-18H,3,8-16H2,1-2H3,(H2,22,23,24);1H. The largest absolute Gasteiger partial charge is 0.493 e. The predicted octanol–water partition coefficient (Wildman–Crippen LogP) is 3.49. The molecule has 1 saturated carbocycles. The Kier molecular flexibility index (Phi) is 9.68. The zero-order chi connectivity index (χ0) is 18.2. The van der Waals surface area contributed by atoms with Crippen molar-refractivity contribution >= 4 is 29.9 Å². The van der Waals surface area contributed by atoms with Crippen LogP contribution >= 0.6 is 24.0 Å². The molecule has 0 radical (unpaired) electrons. The Balaban J connectivity index is 0.00000261. The molecule has 1 aliphatic heterocycles. The molecule has 3 rings (SSSR count). The maximum absolute atomic E-state index is 6.00. The molecule has 0 bridgehead atoms. The molecule has 1 aliphatic carbocycles. The summed E-state index contributed by atoms with van der Waals surface area (Å²) in [6.07, 6.45) is 5.15. The van der Waals surface area contributed by atoms with Crippen molar-refractivity contribution in [1.82, 2.24) is 15.5 Å². The van der Waals surface area contributed by atoms with E-state index in [-0.39, 0.29) is 24.0 Å². The highest BCUT2D eigenvalue weighted by molar-refractivity contribution is 14.0. The van der Waals surface area contributed by atoms with Crippen LogP contribution < -0.4 is 15.4 Å². The highest BCUT2D eigenvalue weighted by Gasteiger charge is 2.23. The van der Waals surface area contributed by atoms with Crippen LogP contribution in [-0.2, 0) is 6.54 Å². The lowest BCUT2D eigenvalue weighted by atomic mass is 10.1. The SMILES string of the molecule is CCCN1CCC(CNC(=NC)NCc2ccccc2OCC2CC2)C1.I. The first-order valence-electron chi connectivity index (χ1n) is 10.2. The van der Waals surface area contributed by atoms with Gasteiger partial charge in [-0.3, -0.25) is 4.99 Å². The zero-order valence-corrected chi connectivity index (χ0v) is 19.1. The van der Waals surface area contributed by atoms with Crippen LogP contribution in [0.1, 0.15) is 38.2 Å². The molecule has 1 unspecified atom stereocenters. The molecule has 1 heterocycles. The Morgan fingerprint density at radius 3 is 2.74 bits per heavy atom. The van der Waals surface area contributed by atoms with Crippen molar-refractivity contribution in [2.45, 2.75) is 39.2 Å². The van der Waals surface area contributed by atoms with Gasteiger partial charge < -0.3 is 20.3 Å². The number of guanidine groups is 1. The van der Waals surface area contributed by atoms with Crippen molar-refractivity contribution in [1.29, 1.82) is 0 Å². The van der Waals surface area contributed by atoms with Gasteiger partial charge in [0, 0.05) is 32.2 Å².